The molecular formula is C21H33ClN4O3. The molecule has 0 bridgehead atoms. The number of likely N-dealkylation sites (tertiary alicyclic amines) is 1. The second-order valence-corrected chi connectivity index (χ2v) is 8.24. The molecule has 1 heterocycles. The van der Waals surface area contributed by atoms with Gasteiger partial charge in [0.05, 0.1) is 23.8 Å². The van der Waals surface area contributed by atoms with Crippen LogP contribution in [0.1, 0.15) is 44.5 Å². The van der Waals surface area contributed by atoms with Crippen LogP contribution < -0.4 is 16.4 Å². The third kappa shape index (κ3) is 7.01. The summed E-state index contributed by atoms with van der Waals surface area (Å²) < 4.78 is 0. The minimum atomic E-state index is -0.662. The Kier molecular flexibility index (Phi) is 9.59. The molecule has 8 heteroatoms. The van der Waals surface area contributed by atoms with Crippen molar-refractivity contribution < 1.29 is 14.4 Å². The van der Waals surface area contributed by atoms with E-state index in [4.69, 9.17) is 5.73 Å². The van der Waals surface area contributed by atoms with E-state index >= 15 is 0 Å². The van der Waals surface area contributed by atoms with Gasteiger partial charge in [-0.25, -0.2) is 0 Å². The SMILES string of the molecule is CC1CC(C)CN(C(=O)c2ccccc2NC(=O)CNC(=O)[C@@H](N)C(C)C)C1.Cl. The summed E-state index contributed by atoms with van der Waals surface area (Å²) in [6, 6.07) is 6.30. The van der Waals surface area contributed by atoms with Gasteiger partial charge in [-0.05, 0) is 36.3 Å². The zero-order valence-electron chi connectivity index (χ0n) is 17.6. The van der Waals surface area contributed by atoms with Crippen LogP contribution in [0.2, 0.25) is 0 Å². The van der Waals surface area contributed by atoms with Crippen LogP contribution in [0.4, 0.5) is 5.69 Å². The molecule has 3 amide bonds. The van der Waals surface area contributed by atoms with Crippen molar-refractivity contribution in [1.82, 2.24) is 10.2 Å². The second-order valence-electron chi connectivity index (χ2n) is 8.24. The first kappa shape index (κ1) is 24.9. The highest BCUT2D eigenvalue weighted by atomic mass is 35.5. The van der Waals surface area contributed by atoms with Crippen LogP contribution in [0.25, 0.3) is 0 Å². The maximum atomic E-state index is 13.0. The predicted molar refractivity (Wildman–Crippen MR) is 117 cm³/mol. The highest BCUT2D eigenvalue weighted by Gasteiger charge is 2.27. The number of hydrogen-bond acceptors (Lipinski definition) is 4. The topological polar surface area (TPSA) is 105 Å². The van der Waals surface area contributed by atoms with Crippen LogP contribution in [-0.4, -0.2) is 48.3 Å². The number of amides is 3. The number of piperidine rings is 1. The highest BCUT2D eigenvalue weighted by molar-refractivity contribution is 6.04. The van der Waals surface area contributed by atoms with E-state index in [-0.39, 0.29) is 36.7 Å². The minimum Gasteiger partial charge on any atom is -0.346 e. The number of nitrogens with two attached hydrogens (primary N) is 1. The van der Waals surface area contributed by atoms with Gasteiger partial charge in [-0.2, -0.15) is 0 Å². The molecule has 4 N–H and O–H groups in total. The summed E-state index contributed by atoms with van der Waals surface area (Å²) in [4.78, 5) is 39.0. The van der Waals surface area contributed by atoms with Gasteiger partial charge in [0, 0.05) is 13.1 Å². The Morgan fingerprint density at radius 2 is 1.72 bits per heavy atom. The number of carbonyl (C=O) groups is 3. The van der Waals surface area contributed by atoms with Crippen molar-refractivity contribution in [3.8, 4) is 0 Å². The Labute approximate surface area is 179 Å². The standard InChI is InChI=1S/C21H32N4O3.ClH/c1-13(2)19(22)20(27)23-10-18(26)24-17-8-6-5-7-16(17)21(28)25-11-14(3)9-15(4)12-25;/h5-8,13-15,19H,9-12,22H2,1-4H3,(H,23,27)(H,24,26);1H/t14?,15?,19-;/m0./s1. The monoisotopic (exact) mass is 424 g/mol. The van der Waals surface area contributed by atoms with Gasteiger partial charge < -0.3 is 21.3 Å². The lowest BCUT2D eigenvalue weighted by molar-refractivity contribution is -0.125. The van der Waals surface area contributed by atoms with Crippen molar-refractivity contribution in [1.29, 1.82) is 0 Å². The molecule has 1 aliphatic rings. The molecule has 0 aromatic heterocycles. The van der Waals surface area contributed by atoms with Crippen LogP contribution in [0.3, 0.4) is 0 Å². The van der Waals surface area contributed by atoms with Crippen molar-refractivity contribution >= 4 is 35.8 Å². The molecule has 1 saturated heterocycles. The lowest BCUT2D eigenvalue weighted by atomic mass is 9.91. The molecule has 1 aromatic carbocycles. The van der Waals surface area contributed by atoms with E-state index in [0.29, 0.717) is 36.2 Å². The van der Waals surface area contributed by atoms with Crippen LogP contribution >= 0.6 is 12.4 Å². The fourth-order valence-corrected chi connectivity index (χ4v) is 3.56. The van der Waals surface area contributed by atoms with Gasteiger partial charge >= 0.3 is 0 Å². The number of para-hydroxylation sites is 1. The molecule has 0 spiro atoms. The molecule has 1 aliphatic heterocycles. The van der Waals surface area contributed by atoms with E-state index < -0.39 is 11.9 Å². The molecular weight excluding hydrogens is 392 g/mol. The second kappa shape index (κ2) is 11.2. The minimum absolute atomic E-state index is 0. The maximum absolute atomic E-state index is 13.0. The Morgan fingerprint density at radius 1 is 1.14 bits per heavy atom. The first-order chi connectivity index (χ1) is 13.2. The Balaban J connectivity index is 0.00000420. The van der Waals surface area contributed by atoms with Gasteiger partial charge in [-0.3, -0.25) is 14.4 Å². The largest absolute Gasteiger partial charge is 0.346 e. The summed E-state index contributed by atoms with van der Waals surface area (Å²) >= 11 is 0. The van der Waals surface area contributed by atoms with Gasteiger partial charge in [0.1, 0.15) is 0 Å². The molecule has 1 aromatic rings. The molecule has 0 radical (unpaired) electrons. The van der Waals surface area contributed by atoms with Crippen LogP contribution in [0.15, 0.2) is 24.3 Å². The van der Waals surface area contributed by atoms with Crippen LogP contribution in [0, 0.1) is 17.8 Å². The van der Waals surface area contributed by atoms with Crippen molar-refractivity contribution in [2.24, 2.45) is 23.5 Å². The summed E-state index contributed by atoms with van der Waals surface area (Å²) in [5.74, 6) is 0.0382. The quantitative estimate of drug-likeness (QED) is 0.651. The smallest absolute Gasteiger partial charge is 0.255 e. The molecule has 7 nitrogen and oxygen atoms in total. The van der Waals surface area contributed by atoms with Crippen molar-refractivity contribution in [2.45, 2.75) is 40.2 Å². The van der Waals surface area contributed by atoms with E-state index in [1.807, 2.05) is 18.7 Å². The zero-order chi connectivity index (χ0) is 20.8. The Bertz CT molecular complexity index is 716. The molecule has 0 saturated carbocycles. The average molecular weight is 425 g/mol. The summed E-state index contributed by atoms with van der Waals surface area (Å²) in [6.07, 6.45) is 1.11. The average Bonchev–Trinajstić information content (AvgIpc) is 2.64. The molecule has 2 unspecified atom stereocenters. The Morgan fingerprint density at radius 3 is 2.31 bits per heavy atom. The molecule has 3 atom stereocenters. The number of hydrogen-bond donors (Lipinski definition) is 3. The lowest BCUT2D eigenvalue weighted by Crippen LogP contribution is -2.46. The fraction of sp³-hybridized carbons (Fsp3) is 0.571. The number of anilines is 1. The number of rotatable bonds is 6. The van der Waals surface area contributed by atoms with Gasteiger partial charge in [0.25, 0.3) is 5.91 Å². The third-order valence-electron chi connectivity index (χ3n) is 5.03. The van der Waals surface area contributed by atoms with Gasteiger partial charge in [0.2, 0.25) is 11.8 Å². The summed E-state index contributed by atoms with van der Waals surface area (Å²) in [5, 5.41) is 5.27. The number of nitrogens with zero attached hydrogens (tertiary/aromatic N) is 1. The lowest BCUT2D eigenvalue weighted by Gasteiger charge is -2.35. The molecule has 29 heavy (non-hydrogen) atoms. The fourth-order valence-electron chi connectivity index (χ4n) is 3.56. The van der Waals surface area contributed by atoms with Gasteiger partial charge in [0.15, 0.2) is 0 Å². The van der Waals surface area contributed by atoms with E-state index in [1.165, 1.54) is 0 Å². The first-order valence-electron chi connectivity index (χ1n) is 9.90. The van der Waals surface area contributed by atoms with Crippen molar-refractivity contribution in [3.05, 3.63) is 29.8 Å². The van der Waals surface area contributed by atoms with E-state index in [1.54, 1.807) is 24.3 Å². The highest BCUT2D eigenvalue weighted by Crippen LogP contribution is 2.24. The normalized spacial score (nSPS) is 19.9. The van der Waals surface area contributed by atoms with Gasteiger partial charge in [-0.1, -0.05) is 39.8 Å². The Hall–Kier alpha value is -2.12. The summed E-state index contributed by atoms with van der Waals surface area (Å²) in [6.45, 7) is 9.22. The number of benzene rings is 1. The number of carbonyl (C=O) groups excluding carboxylic acids is 3. The zero-order valence-corrected chi connectivity index (χ0v) is 18.4. The molecule has 0 aliphatic carbocycles. The molecule has 1 fully saturated rings. The van der Waals surface area contributed by atoms with Crippen LogP contribution in [0.5, 0.6) is 0 Å². The van der Waals surface area contributed by atoms with Gasteiger partial charge in [-0.15, -0.1) is 12.4 Å². The van der Waals surface area contributed by atoms with E-state index in [9.17, 15) is 14.4 Å². The number of halogens is 1. The maximum Gasteiger partial charge on any atom is 0.255 e. The van der Waals surface area contributed by atoms with Crippen LogP contribution in [-0.2, 0) is 9.59 Å². The summed E-state index contributed by atoms with van der Waals surface area (Å²) in [5.41, 5.74) is 6.68. The molecule has 162 valence electrons. The molecule has 2 rings (SSSR count). The van der Waals surface area contributed by atoms with E-state index in [0.717, 1.165) is 6.42 Å². The first-order valence-corrected chi connectivity index (χ1v) is 9.90. The number of nitrogens with one attached hydrogen (secondary N) is 2. The third-order valence-corrected chi connectivity index (χ3v) is 5.03. The van der Waals surface area contributed by atoms with Crippen molar-refractivity contribution in [2.75, 3.05) is 25.0 Å². The summed E-state index contributed by atoms with van der Waals surface area (Å²) in [7, 11) is 0. The van der Waals surface area contributed by atoms with Crippen molar-refractivity contribution in [3.63, 3.8) is 0 Å². The predicted octanol–water partition coefficient (Wildman–Crippen LogP) is 2.26. The van der Waals surface area contributed by atoms with E-state index in [2.05, 4.69) is 24.5 Å².